The van der Waals surface area contributed by atoms with E-state index in [9.17, 15) is 23.1 Å². The third kappa shape index (κ3) is 4.87. The number of aromatic carboxylic acids is 1. The van der Waals surface area contributed by atoms with Gasteiger partial charge >= 0.3 is 18.1 Å². The zero-order chi connectivity index (χ0) is 18.6. The van der Waals surface area contributed by atoms with E-state index in [2.05, 4.69) is 4.74 Å². The molecule has 0 atom stereocenters. The number of hydrogen-bond donors (Lipinski definition) is 1. The van der Waals surface area contributed by atoms with Crippen LogP contribution < -0.4 is 4.74 Å². The average molecular weight is 369 g/mol. The van der Waals surface area contributed by atoms with Gasteiger partial charge in [0.2, 0.25) is 0 Å². The van der Waals surface area contributed by atoms with Crippen LogP contribution in [0.5, 0.6) is 5.75 Å². The summed E-state index contributed by atoms with van der Waals surface area (Å²) in [5.74, 6) is -1.19. The molecule has 0 saturated carbocycles. The van der Waals surface area contributed by atoms with E-state index >= 15 is 0 Å². The highest BCUT2D eigenvalue weighted by molar-refractivity contribution is 6.31. The van der Waals surface area contributed by atoms with E-state index in [4.69, 9.17) is 11.6 Å². The second kappa shape index (κ2) is 7.90. The van der Waals surface area contributed by atoms with E-state index in [1.165, 1.54) is 18.2 Å². The van der Waals surface area contributed by atoms with Crippen LogP contribution >= 0.6 is 11.6 Å². The molecule has 0 spiro atoms. The molecule has 0 aromatic heterocycles. The number of benzene rings is 2. The molecule has 1 N–H and O–H groups in total. The van der Waals surface area contributed by atoms with Gasteiger partial charge in [0.1, 0.15) is 5.75 Å². The fraction of sp³-hybridized carbons (Fsp3) is 0.0556. The summed E-state index contributed by atoms with van der Waals surface area (Å²) in [5, 5.41) is 9.54. The zero-order valence-electron chi connectivity index (χ0n) is 12.9. The maximum Gasteiger partial charge on any atom is 0.344 e. The summed E-state index contributed by atoms with van der Waals surface area (Å²) in [4.78, 5) is 11.3. The first kappa shape index (κ1) is 18.6. The van der Waals surface area contributed by atoms with Gasteiger partial charge in [0.25, 0.3) is 0 Å². The summed E-state index contributed by atoms with van der Waals surface area (Å²) in [6.45, 7) is 1.75. The van der Waals surface area contributed by atoms with Crippen molar-refractivity contribution in [3.05, 3.63) is 76.3 Å². The maximum atomic E-state index is 12.7. The highest BCUT2D eigenvalue weighted by Crippen LogP contribution is 2.25. The molecule has 0 radical (unpaired) electrons. The Balaban J connectivity index is 2.29. The van der Waals surface area contributed by atoms with Gasteiger partial charge in [-0.3, -0.25) is 0 Å². The van der Waals surface area contributed by atoms with Crippen molar-refractivity contribution in [2.24, 2.45) is 0 Å². The second-order valence-corrected chi connectivity index (χ2v) is 5.46. The number of rotatable bonds is 5. The Labute approximate surface area is 146 Å². The highest BCUT2D eigenvalue weighted by Gasteiger charge is 2.10. The summed E-state index contributed by atoms with van der Waals surface area (Å²) >= 11 is 5.81. The lowest BCUT2D eigenvalue weighted by atomic mass is 10.0. The number of halogens is 4. The number of carboxylic acid groups (broad SMARTS) is 1. The molecule has 7 heteroatoms. The molecule has 0 saturated heterocycles. The maximum absolute atomic E-state index is 12.7. The Morgan fingerprint density at radius 1 is 1.12 bits per heavy atom. The van der Waals surface area contributed by atoms with Crippen molar-refractivity contribution in [3.8, 4) is 5.75 Å². The third-order valence-corrected chi connectivity index (χ3v) is 3.52. The number of carboxylic acids is 1. The lowest BCUT2D eigenvalue weighted by Crippen LogP contribution is -1.99. The molecule has 2 aromatic carbocycles. The van der Waals surface area contributed by atoms with Crippen LogP contribution in [0.3, 0.4) is 0 Å². The summed E-state index contributed by atoms with van der Waals surface area (Å²) in [6.07, 6.45) is -0.888. The Kier molecular flexibility index (Phi) is 5.88. The first-order chi connectivity index (χ1) is 11.8. The van der Waals surface area contributed by atoms with E-state index in [0.717, 1.165) is 0 Å². The van der Waals surface area contributed by atoms with Gasteiger partial charge in [-0.1, -0.05) is 35.9 Å². The van der Waals surface area contributed by atoms with E-state index in [1.807, 2.05) is 0 Å². The predicted molar refractivity (Wildman–Crippen MR) is 89.4 cm³/mol. The van der Waals surface area contributed by atoms with Crippen molar-refractivity contribution in [2.75, 3.05) is 0 Å². The Hall–Kier alpha value is -2.73. The minimum Gasteiger partial charge on any atom is -0.478 e. The van der Waals surface area contributed by atoms with Crippen LogP contribution in [-0.4, -0.2) is 11.1 Å². The summed E-state index contributed by atoms with van der Waals surface area (Å²) in [6, 6.07) is 8.29. The normalized spacial score (nSPS) is 11.2. The lowest BCUT2D eigenvalue weighted by Gasteiger charge is -2.07. The molecule has 0 aliphatic heterocycles. The Morgan fingerprint density at radius 2 is 1.76 bits per heavy atom. The molecule has 2 aromatic rings. The van der Waals surface area contributed by atoms with Crippen molar-refractivity contribution >= 4 is 29.2 Å². The summed E-state index contributed by atoms with van der Waals surface area (Å²) in [7, 11) is 0. The van der Waals surface area contributed by atoms with E-state index in [1.54, 1.807) is 37.3 Å². The standard InChI is InChI=1S/C18H12ClF3O3/c1-10(8-12-2-5-13(19)9-15(12)18(23)24)11-3-6-14(7-4-11)25-17(22)16(20)21/h2-9H,1H3,(H,23,24)/b10-8+. The van der Waals surface area contributed by atoms with Gasteiger partial charge in [-0.05, 0) is 47.9 Å². The van der Waals surface area contributed by atoms with E-state index in [-0.39, 0.29) is 11.3 Å². The van der Waals surface area contributed by atoms with Crippen LogP contribution in [0.1, 0.15) is 28.4 Å². The topological polar surface area (TPSA) is 46.5 Å². The van der Waals surface area contributed by atoms with Crippen molar-refractivity contribution in [3.63, 3.8) is 0 Å². The van der Waals surface area contributed by atoms with Gasteiger partial charge in [-0.25, -0.2) is 4.79 Å². The van der Waals surface area contributed by atoms with E-state index < -0.39 is 18.1 Å². The first-order valence-electron chi connectivity index (χ1n) is 6.98. The SMILES string of the molecule is C/C(=C\c1ccc(Cl)cc1C(=O)O)c1ccc(OC(F)=C(F)F)cc1. The van der Waals surface area contributed by atoms with Gasteiger partial charge in [-0.15, -0.1) is 0 Å². The fourth-order valence-corrected chi connectivity index (χ4v) is 2.26. The molecular weight excluding hydrogens is 357 g/mol. The molecule has 0 heterocycles. The lowest BCUT2D eigenvalue weighted by molar-refractivity contribution is 0.0696. The number of hydrogen-bond acceptors (Lipinski definition) is 2. The Morgan fingerprint density at radius 3 is 2.32 bits per heavy atom. The molecule has 0 amide bonds. The zero-order valence-corrected chi connectivity index (χ0v) is 13.7. The molecule has 25 heavy (non-hydrogen) atoms. The van der Waals surface area contributed by atoms with Gasteiger partial charge in [0, 0.05) is 5.02 Å². The summed E-state index contributed by atoms with van der Waals surface area (Å²) < 4.78 is 41.1. The quantitative estimate of drug-likeness (QED) is 0.519. The fourth-order valence-electron chi connectivity index (χ4n) is 2.08. The van der Waals surface area contributed by atoms with Crippen molar-refractivity contribution in [2.45, 2.75) is 6.92 Å². The van der Waals surface area contributed by atoms with Crippen molar-refractivity contribution < 1.29 is 27.8 Å². The first-order valence-corrected chi connectivity index (χ1v) is 7.36. The van der Waals surface area contributed by atoms with Crippen LogP contribution in [0.15, 0.2) is 54.6 Å². The molecule has 0 bridgehead atoms. The van der Waals surface area contributed by atoms with Crippen molar-refractivity contribution in [1.82, 2.24) is 0 Å². The monoisotopic (exact) mass is 368 g/mol. The number of allylic oxidation sites excluding steroid dienone is 1. The predicted octanol–water partition coefficient (Wildman–Crippen LogP) is 6.01. The third-order valence-electron chi connectivity index (χ3n) is 3.28. The van der Waals surface area contributed by atoms with Crippen LogP contribution in [0.25, 0.3) is 11.6 Å². The molecule has 0 aliphatic rings. The summed E-state index contributed by atoms with van der Waals surface area (Å²) in [5.41, 5.74) is 1.91. The highest BCUT2D eigenvalue weighted by atomic mass is 35.5. The smallest absolute Gasteiger partial charge is 0.344 e. The molecule has 0 aliphatic carbocycles. The van der Waals surface area contributed by atoms with Crippen molar-refractivity contribution in [1.29, 1.82) is 0 Å². The molecule has 3 nitrogen and oxygen atoms in total. The van der Waals surface area contributed by atoms with Crippen LogP contribution in [0.4, 0.5) is 13.2 Å². The largest absolute Gasteiger partial charge is 0.478 e. The van der Waals surface area contributed by atoms with E-state index in [0.29, 0.717) is 21.7 Å². The van der Waals surface area contributed by atoms with Crippen LogP contribution in [0, 0.1) is 0 Å². The van der Waals surface area contributed by atoms with Crippen LogP contribution in [0.2, 0.25) is 5.02 Å². The number of ether oxygens (including phenoxy) is 1. The molecule has 130 valence electrons. The molecule has 0 unspecified atom stereocenters. The second-order valence-electron chi connectivity index (χ2n) is 5.02. The minimum atomic E-state index is -2.54. The van der Waals surface area contributed by atoms with Gasteiger partial charge in [-0.2, -0.15) is 13.2 Å². The average Bonchev–Trinajstić information content (AvgIpc) is 2.56. The minimum absolute atomic E-state index is 0.0532. The Bertz CT molecular complexity index is 854. The van der Waals surface area contributed by atoms with Gasteiger partial charge in [0.15, 0.2) is 0 Å². The van der Waals surface area contributed by atoms with Crippen LogP contribution in [-0.2, 0) is 0 Å². The van der Waals surface area contributed by atoms with Gasteiger partial charge in [0.05, 0.1) is 5.56 Å². The number of carbonyl (C=O) groups is 1. The molecule has 2 rings (SSSR count). The molecule has 0 fully saturated rings. The van der Waals surface area contributed by atoms with Gasteiger partial charge < -0.3 is 9.84 Å². The molecular formula is C18H12ClF3O3.